The van der Waals surface area contributed by atoms with Crippen molar-refractivity contribution in [3.05, 3.63) is 70.4 Å². The monoisotopic (exact) mass is 367 g/mol. The predicted molar refractivity (Wildman–Crippen MR) is 100 cm³/mol. The number of aromatic amines is 1. The van der Waals surface area contributed by atoms with Gasteiger partial charge in [0.25, 0.3) is 5.91 Å². The van der Waals surface area contributed by atoms with E-state index in [-0.39, 0.29) is 17.7 Å². The van der Waals surface area contributed by atoms with Crippen LogP contribution in [0.5, 0.6) is 5.75 Å². The highest BCUT2D eigenvalue weighted by Crippen LogP contribution is 2.44. The number of nitrogens with zero attached hydrogens (tertiary/aromatic N) is 2. The first-order valence-electron chi connectivity index (χ1n) is 8.55. The van der Waals surface area contributed by atoms with Crippen molar-refractivity contribution in [3.63, 3.8) is 0 Å². The zero-order valence-corrected chi connectivity index (χ0v) is 15.0. The van der Waals surface area contributed by atoms with Gasteiger partial charge >= 0.3 is 0 Å². The molecule has 26 heavy (non-hydrogen) atoms. The number of benzene rings is 2. The van der Waals surface area contributed by atoms with E-state index in [1.54, 1.807) is 18.2 Å². The number of phenolic OH excluding ortho intramolecular Hbond substituents is 1. The average Bonchev–Trinajstić information content (AvgIpc) is 3.16. The number of aromatic hydroxyl groups is 1. The molecule has 0 bridgehead atoms. The molecule has 0 saturated carbocycles. The Morgan fingerprint density at radius 3 is 2.77 bits per heavy atom. The summed E-state index contributed by atoms with van der Waals surface area (Å²) < 4.78 is 0. The quantitative estimate of drug-likeness (QED) is 0.718. The standard InChI is InChI=1S/C20H18ClN3O2/c1-2-10-24-19(12-6-5-7-13(21)11-12)16-17(22-23-18(16)20(24)26)14-8-3-4-9-15(14)25/h3-9,11,19,25H,2,10H2,1H3,(H,22,23). The van der Waals surface area contributed by atoms with Crippen LogP contribution in [0, 0.1) is 0 Å². The molecule has 2 N–H and O–H groups in total. The maximum atomic E-state index is 12.9. The molecule has 0 saturated heterocycles. The fraction of sp³-hybridized carbons (Fsp3) is 0.200. The second-order valence-electron chi connectivity index (χ2n) is 6.33. The molecule has 6 heteroatoms. The van der Waals surface area contributed by atoms with Gasteiger partial charge in [-0.3, -0.25) is 9.89 Å². The number of fused-ring (bicyclic) bond motifs is 1. The van der Waals surface area contributed by atoms with Crippen molar-refractivity contribution >= 4 is 17.5 Å². The van der Waals surface area contributed by atoms with Gasteiger partial charge in [0.2, 0.25) is 0 Å². The Labute approximate surface area is 156 Å². The Hall–Kier alpha value is -2.79. The molecule has 1 aromatic heterocycles. The minimum atomic E-state index is -0.287. The van der Waals surface area contributed by atoms with E-state index in [4.69, 9.17) is 11.6 Å². The fourth-order valence-corrected chi connectivity index (χ4v) is 3.77. The van der Waals surface area contributed by atoms with Gasteiger partial charge in [0, 0.05) is 22.7 Å². The van der Waals surface area contributed by atoms with Crippen molar-refractivity contribution < 1.29 is 9.90 Å². The minimum absolute atomic E-state index is 0.0824. The van der Waals surface area contributed by atoms with Crippen LogP contribution in [0.3, 0.4) is 0 Å². The summed E-state index contributed by atoms with van der Waals surface area (Å²) in [6.07, 6.45) is 0.840. The minimum Gasteiger partial charge on any atom is -0.507 e. The van der Waals surface area contributed by atoms with E-state index in [0.717, 1.165) is 17.5 Å². The maximum Gasteiger partial charge on any atom is 0.273 e. The Kier molecular flexibility index (Phi) is 4.17. The van der Waals surface area contributed by atoms with Gasteiger partial charge in [-0.1, -0.05) is 42.8 Å². The van der Waals surface area contributed by atoms with Crippen molar-refractivity contribution in [2.24, 2.45) is 0 Å². The highest BCUT2D eigenvalue weighted by molar-refractivity contribution is 6.30. The third-order valence-corrected chi connectivity index (χ3v) is 4.89. The van der Waals surface area contributed by atoms with Crippen molar-refractivity contribution in [2.75, 3.05) is 6.54 Å². The van der Waals surface area contributed by atoms with Gasteiger partial charge in [0.15, 0.2) is 0 Å². The summed E-state index contributed by atoms with van der Waals surface area (Å²) in [7, 11) is 0. The molecule has 3 aromatic rings. The first-order chi connectivity index (χ1) is 12.6. The molecular formula is C20H18ClN3O2. The van der Waals surface area contributed by atoms with E-state index < -0.39 is 0 Å². The number of phenols is 1. The second-order valence-corrected chi connectivity index (χ2v) is 6.77. The summed E-state index contributed by atoms with van der Waals surface area (Å²) in [5.41, 5.74) is 3.38. The predicted octanol–water partition coefficient (Wildman–Crippen LogP) is 4.39. The number of amides is 1. The maximum absolute atomic E-state index is 12.9. The number of halogens is 1. The van der Waals surface area contributed by atoms with Gasteiger partial charge in [0.05, 0.1) is 6.04 Å². The fourth-order valence-electron chi connectivity index (χ4n) is 3.57. The van der Waals surface area contributed by atoms with Crippen LogP contribution in [0.15, 0.2) is 48.5 Å². The molecule has 132 valence electrons. The van der Waals surface area contributed by atoms with E-state index in [1.807, 2.05) is 42.2 Å². The summed E-state index contributed by atoms with van der Waals surface area (Å²) in [5, 5.41) is 18.1. The van der Waals surface area contributed by atoms with Gasteiger partial charge < -0.3 is 10.0 Å². The van der Waals surface area contributed by atoms with Crippen molar-refractivity contribution in [1.29, 1.82) is 0 Å². The summed E-state index contributed by atoms with van der Waals surface area (Å²) in [6, 6.07) is 14.3. The third kappa shape index (κ3) is 2.56. The first kappa shape index (κ1) is 16.7. The SMILES string of the molecule is CCCN1C(=O)c2[nH]nc(-c3ccccc3O)c2C1c1cccc(Cl)c1. The lowest BCUT2D eigenvalue weighted by atomic mass is 9.95. The summed E-state index contributed by atoms with van der Waals surface area (Å²) in [6.45, 7) is 2.66. The van der Waals surface area contributed by atoms with Gasteiger partial charge in [-0.2, -0.15) is 5.10 Å². The van der Waals surface area contributed by atoms with Gasteiger partial charge in [-0.15, -0.1) is 0 Å². The van der Waals surface area contributed by atoms with Crippen molar-refractivity contribution in [2.45, 2.75) is 19.4 Å². The molecule has 5 nitrogen and oxygen atoms in total. The summed E-state index contributed by atoms with van der Waals surface area (Å²) in [5.74, 6) is 0.0500. The van der Waals surface area contributed by atoms with E-state index >= 15 is 0 Å². The van der Waals surface area contributed by atoms with Gasteiger partial charge in [-0.25, -0.2) is 0 Å². The zero-order chi connectivity index (χ0) is 18.3. The number of nitrogens with one attached hydrogen (secondary N) is 1. The number of para-hydroxylation sites is 1. The number of H-pyrrole nitrogens is 1. The van der Waals surface area contributed by atoms with Crippen LogP contribution in [0.2, 0.25) is 5.02 Å². The smallest absolute Gasteiger partial charge is 0.273 e. The normalized spacial score (nSPS) is 16.2. The van der Waals surface area contributed by atoms with Crippen LogP contribution in [0.1, 0.15) is 41.0 Å². The molecule has 1 amide bonds. The lowest BCUT2D eigenvalue weighted by molar-refractivity contribution is 0.0744. The molecule has 1 aliphatic heterocycles. The zero-order valence-electron chi connectivity index (χ0n) is 14.2. The molecule has 0 spiro atoms. The third-order valence-electron chi connectivity index (χ3n) is 4.65. The Morgan fingerprint density at radius 1 is 1.23 bits per heavy atom. The van der Waals surface area contributed by atoms with Gasteiger partial charge in [0.1, 0.15) is 17.1 Å². The number of carbonyl (C=O) groups is 1. The Bertz CT molecular complexity index is 983. The molecule has 1 atom stereocenters. The lowest BCUT2D eigenvalue weighted by Crippen LogP contribution is -2.30. The second kappa shape index (κ2) is 6.50. The largest absolute Gasteiger partial charge is 0.507 e. The Balaban J connectivity index is 1.93. The van der Waals surface area contributed by atoms with E-state index in [2.05, 4.69) is 10.2 Å². The van der Waals surface area contributed by atoms with Crippen LogP contribution >= 0.6 is 11.6 Å². The Morgan fingerprint density at radius 2 is 2.04 bits per heavy atom. The molecule has 0 aliphatic carbocycles. The average molecular weight is 368 g/mol. The van der Waals surface area contributed by atoms with Crippen LogP contribution < -0.4 is 0 Å². The molecule has 1 unspecified atom stereocenters. The lowest BCUT2D eigenvalue weighted by Gasteiger charge is -2.26. The number of rotatable bonds is 4. The summed E-state index contributed by atoms with van der Waals surface area (Å²) in [4.78, 5) is 14.8. The topological polar surface area (TPSA) is 69.2 Å². The van der Waals surface area contributed by atoms with Crippen molar-refractivity contribution in [1.82, 2.24) is 15.1 Å². The number of aromatic nitrogens is 2. The van der Waals surface area contributed by atoms with Crippen LogP contribution in [0.4, 0.5) is 0 Å². The van der Waals surface area contributed by atoms with Crippen LogP contribution in [0.25, 0.3) is 11.3 Å². The van der Waals surface area contributed by atoms with Crippen molar-refractivity contribution in [3.8, 4) is 17.0 Å². The molecule has 2 heterocycles. The highest BCUT2D eigenvalue weighted by atomic mass is 35.5. The van der Waals surface area contributed by atoms with Gasteiger partial charge in [-0.05, 0) is 36.2 Å². The molecule has 0 radical (unpaired) electrons. The number of hydrogen-bond acceptors (Lipinski definition) is 3. The first-order valence-corrected chi connectivity index (χ1v) is 8.92. The molecule has 0 fully saturated rings. The molecular weight excluding hydrogens is 350 g/mol. The highest BCUT2D eigenvalue weighted by Gasteiger charge is 2.42. The molecule has 1 aliphatic rings. The number of carbonyl (C=O) groups excluding carboxylic acids is 1. The van der Waals surface area contributed by atoms with E-state index in [1.165, 1.54) is 0 Å². The van der Waals surface area contributed by atoms with Crippen LogP contribution in [-0.4, -0.2) is 32.7 Å². The van der Waals surface area contributed by atoms with Crippen LogP contribution in [-0.2, 0) is 0 Å². The molecule has 4 rings (SSSR count). The molecule has 2 aromatic carbocycles. The van der Waals surface area contributed by atoms with E-state index in [9.17, 15) is 9.90 Å². The van der Waals surface area contributed by atoms with E-state index in [0.29, 0.717) is 28.5 Å². The summed E-state index contributed by atoms with van der Waals surface area (Å²) >= 11 is 6.20. The number of hydrogen-bond donors (Lipinski definition) is 2.